The average molecular weight is 688 g/mol. The van der Waals surface area contributed by atoms with Crippen LogP contribution in [0.25, 0.3) is 11.0 Å². The molecule has 264 valence electrons. The van der Waals surface area contributed by atoms with Gasteiger partial charge in [-0.1, -0.05) is 0 Å². The molecule has 5 saturated carbocycles. The number of hydrogen-bond donors (Lipinski definition) is 3. The molecule has 2 amide bonds. The molecule has 0 aromatic carbocycles. The fourth-order valence-corrected chi connectivity index (χ4v) is 11.3. The molecule has 5 aliphatic carbocycles. The fourth-order valence-electron chi connectivity index (χ4n) is 10.6. The Kier molecular flexibility index (Phi) is 9.99. The summed E-state index contributed by atoms with van der Waals surface area (Å²) in [5, 5.41) is 7.03. The molecular weight excluding hydrogens is 635 g/mol. The quantitative estimate of drug-likeness (QED) is 0.179. The van der Waals surface area contributed by atoms with Crippen molar-refractivity contribution in [3.05, 3.63) is 57.3 Å². The van der Waals surface area contributed by atoms with Gasteiger partial charge in [-0.25, -0.2) is 4.98 Å². The highest BCUT2D eigenvalue weighted by Gasteiger charge is 2.50. The van der Waals surface area contributed by atoms with E-state index in [4.69, 9.17) is 9.72 Å². The van der Waals surface area contributed by atoms with Crippen molar-refractivity contribution in [3.8, 4) is 0 Å². The van der Waals surface area contributed by atoms with Gasteiger partial charge in [-0.3, -0.25) is 14.4 Å². The number of carbonyl (C=O) groups is 2. The third-order valence-corrected chi connectivity index (χ3v) is 13.3. The second-order valence-corrected chi connectivity index (χ2v) is 16.7. The lowest BCUT2D eigenvalue weighted by molar-refractivity contribution is -0.129. The van der Waals surface area contributed by atoms with Gasteiger partial charge in [-0.15, -0.1) is 11.8 Å². The minimum atomic E-state index is -0.207. The molecule has 0 aliphatic heterocycles. The van der Waals surface area contributed by atoms with Crippen LogP contribution in [-0.2, 0) is 16.1 Å². The topological polar surface area (TPSA) is 118 Å². The number of rotatable bonds is 12. The molecule has 3 aromatic heterocycles. The summed E-state index contributed by atoms with van der Waals surface area (Å²) in [6, 6.07) is 5.90. The second kappa shape index (κ2) is 14.3. The number of nitrogens with zero attached hydrogens (tertiary/aromatic N) is 2. The summed E-state index contributed by atoms with van der Waals surface area (Å²) in [5.41, 5.74) is 3.97. The predicted octanol–water partition coefficient (Wildman–Crippen LogP) is 6.85. The zero-order chi connectivity index (χ0) is 34.3. The molecule has 0 saturated heterocycles. The Morgan fingerprint density at radius 1 is 1.08 bits per heavy atom. The molecule has 0 radical (unpaired) electrons. The number of ether oxygens (including phenoxy) is 1. The van der Waals surface area contributed by atoms with Gasteiger partial charge in [-0.2, -0.15) is 0 Å². The summed E-state index contributed by atoms with van der Waals surface area (Å²) < 4.78 is 8.36. The minimum absolute atomic E-state index is 0.0168. The van der Waals surface area contributed by atoms with Gasteiger partial charge in [-0.05, 0) is 145 Å². The van der Waals surface area contributed by atoms with Crippen LogP contribution in [0.2, 0.25) is 0 Å². The van der Waals surface area contributed by atoms with E-state index in [0.717, 1.165) is 83.7 Å². The Labute approximate surface area is 294 Å². The molecule has 0 spiro atoms. The third kappa shape index (κ3) is 7.09. The Hall–Kier alpha value is -3.11. The van der Waals surface area contributed by atoms with E-state index in [1.54, 1.807) is 6.20 Å². The van der Waals surface area contributed by atoms with Crippen LogP contribution in [0, 0.1) is 42.9 Å². The third-order valence-electron chi connectivity index (χ3n) is 12.5. The number of pyridine rings is 2. The van der Waals surface area contributed by atoms with Crippen molar-refractivity contribution >= 4 is 34.6 Å². The smallest absolute Gasteiger partial charge is 0.254 e. The van der Waals surface area contributed by atoms with Crippen LogP contribution >= 0.6 is 11.8 Å². The molecule has 4 bridgehead atoms. The van der Waals surface area contributed by atoms with Gasteiger partial charge < -0.3 is 24.9 Å². The van der Waals surface area contributed by atoms with Gasteiger partial charge in [0.25, 0.3) is 11.5 Å². The Balaban J connectivity index is 0.922. The number of carbonyl (C=O) groups excluding carboxylic acids is 2. The first-order valence-corrected chi connectivity index (χ1v) is 19.7. The second-order valence-electron chi connectivity index (χ2n) is 15.8. The summed E-state index contributed by atoms with van der Waals surface area (Å²) in [6.45, 7) is 7.15. The Bertz CT molecular complexity index is 1720. The van der Waals surface area contributed by atoms with E-state index in [1.165, 1.54) is 50.3 Å². The van der Waals surface area contributed by atoms with E-state index < -0.39 is 0 Å². The molecule has 5 aliphatic rings. The predicted molar refractivity (Wildman–Crippen MR) is 194 cm³/mol. The largest absolute Gasteiger partial charge is 0.368 e. The number of fused-ring (bicyclic) bond motifs is 1. The highest BCUT2D eigenvalue weighted by Crippen LogP contribution is 2.61. The highest BCUT2D eigenvalue weighted by atomic mass is 32.2. The maximum atomic E-state index is 13.7. The summed E-state index contributed by atoms with van der Waals surface area (Å²) >= 11 is 1.50. The lowest BCUT2D eigenvalue weighted by atomic mass is 9.49. The molecule has 1 atom stereocenters. The van der Waals surface area contributed by atoms with Gasteiger partial charge in [0.15, 0.2) is 0 Å². The fraction of sp³-hybridized carbons (Fsp3) is 0.641. The molecule has 9 nitrogen and oxygen atoms in total. The van der Waals surface area contributed by atoms with Gasteiger partial charge in [0.05, 0.1) is 11.7 Å². The van der Waals surface area contributed by atoms with Gasteiger partial charge in [0, 0.05) is 52.6 Å². The van der Waals surface area contributed by atoms with Crippen molar-refractivity contribution < 1.29 is 14.3 Å². The number of thioether (sulfide) groups is 1. The molecule has 3 aromatic rings. The van der Waals surface area contributed by atoms with Crippen molar-refractivity contribution in [2.24, 2.45) is 29.1 Å². The van der Waals surface area contributed by atoms with Crippen molar-refractivity contribution in [3.63, 3.8) is 0 Å². The zero-order valence-electron chi connectivity index (χ0n) is 29.6. The Morgan fingerprint density at radius 3 is 2.45 bits per heavy atom. The standard InChI is InChI=1S/C39H53N5O4S/c1-23-14-33(49-4)32(37(46)43-23)21-42-38(47)35-25(3)44(36-31(35)6-5-12-41-36)24(2)29-7-9-30(10-8-29)48-22-34(45)40-13-11-39-18-26-15-27(19-39)17-28(16-26)20-39/h5-6,12,14,24,26-30H,7-11,13,15-22H2,1-4H3,(H,40,45)(H,42,47)(H,43,46)/t24-,26?,27?,28?,29?,30?,39?/m1/s1. The maximum absolute atomic E-state index is 13.7. The normalized spacial score (nSPS) is 28.1. The number of H-pyrrole nitrogens is 1. The van der Waals surface area contributed by atoms with Gasteiger partial charge in [0.2, 0.25) is 5.91 Å². The van der Waals surface area contributed by atoms with E-state index in [2.05, 4.69) is 27.1 Å². The van der Waals surface area contributed by atoms with Crippen molar-refractivity contribution in [1.29, 1.82) is 0 Å². The van der Waals surface area contributed by atoms with Crippen LogP contribution < -0.4 is 16.2 Å². The maximum Gasteiger partial charge on any atom is 0.254 e. The summed E-state index contributed by atoms with van der Waals surface area (Å²) in [5.74, 6) is 3.03. The number of aromatic amines is 1. The molecule has 8 rings (SSSR count). The number of nitrogens with one attached hydrogen (secondary N) is 3. The van der Waals surface area contributed by atoms with E-state index in [9.17, 15) is 14.4 Å². The zero-order valence-corrected chi connectivity index (χ0v) is 30.4. The van der Waals surface area contributed by atoms with Gasteiger partial charge in [0.1, 0.15) is 12.3 Å². The van der Waals surface area contributed by atoms with Gasteiger partial charge >= 0.3 is 0 Å². The van der Waals surface area contributed by atoms with Crippen LogP contribution in [0.4, 0.5) is 0 Å². The highest BCUT2D eigenvalue weighted by molar-refractivity contribution is 7.98. The first kappa shape index (κ1) is 34.3. The Morgan fingerprint density at radius 2 is 1.78 bits per heavy atom. The minimum Gasteiger partial charge on any atom is -0.368 e. The van der Waals surface area contributed by atoms with Crippen molar-refractivity contribution in [2.45, 2.75) is 115 Å². The number of amides is 2. The molecule has 3 N–H and O–H groups in total. The van der Waals surface area contributed by atoms with Crippen LogP contribution in [0.1, 0.15) is 111 Å². The van der Waals surface area contributed by atoms with E-state index in [1.807, 2.05) is 38.3 Å². The average Bonchev–Trinajstić information content (AvgIpc) is 3.37. The summed E-state index contributed by atoms with van der Waals surface area (Å²) in [6.07, 6.45) is 17.2. The lowest BCUT2D eigenvalue weighted by Gasteiger charge is -2.57. The first-order chi connectivity index (χ1) is 23.6. The summed E-state index contributed by atoms with van der Waals surface area (Å²) in [7, 11) is 0. The molecule has 10 heteroatoms. The molecule has 49 heavy (non-hydrogen) atoms. The molecule has 0 unspecified atom stereocenters. The number of aromatic nitrogens is 3. The molecular formula is C39H53N5O4S. The number of aryl methyl sites for hydroxylation is 1. The van der Waals surface area contributed by atoms with Crippen molar-refractivity contribution in [1.82, 2.24) is 25.2 Å². The first-order valence-electron chi connectivity index (χ1n) is 18.5. The van der Waals surface area contributed by atoms with Crippen molar-refractivity contribution in [2.75, 3.05) is 19.4 Å². The molecule has 3 heterocycles. The SMILES string of the molecule is CSc1cc(C)[nH]c(=O)c1CNC(=O)c1c(C)n([C@H](C)C2CCC(OCC(=O)NCCC34CC5CC(CC(C5)C3)C4)CC2)c2ncccc12. The van der Waals surface area contributed by atoms with Crippen LogP contribution in [0.15, 0.2) is 34.1 Å². The van der Waals surface area contributed by atoms with Crippen LogP contribution in [-0.4, -0.2) is 51.9 Å². The van der Waals surface area contributed by atoms with Crippen LogP contribution in [0.3, 0.4) is 0 Å². The molecule has 5 fully saturated rings. The van der Waals surface area contributed by atoms with E-state index in [-0.39, 0.29) is 42.7 Å². The lowest BCUT2D eigenvalue weighted by Crippen LogP contribution is -2.47. The number of hydrogen-bond acceptors (Lipinski definition) is 6. The van der Waals surface area contributed by atoms with Crippen LogP contribution in [0.5, 0.6) is 0 Å². The van der Waals surface area contributed by atoms with E-state index >= 15 is 0 Å². The van der Waals surface area contributed by atoms with E-state index in [0.29, 0.717) is 22.5 Å². The summed E-state index contributed by atoms with van der Waals surface area (Å²) in [4.78, 5) is 47.6. The monoisotopic (exact) mass is 687 g/mol.